The molecule has 1 heterocycles. The van der Waals surface area contributed by atoms with E-state index in [2.05, 4.69) is 26.1 Å². The van der Waals surface area contributed by atoms with Gasteiger partial charge in [-0.3, -0.25) is 9.59 Å². The summed E-state index contributed by atoms with van der Waals surface area (Å²) in [6, 6.07) is -0.259. The van der Waals surface area contributed by atoms with Crippen molar-refractivity contribution in [3.05, 3.63) is 0 Å². The van der Waals surface area contributed by atoms with Crippen molar-refractivity contribution < 1.29 is 9.59 Å². The molecule has 0 bridgehead atoms. The summed E-state index contributed by atoms with van der Waals surface area (Å²) in [5.41, 5.74) is -0.799. The summed E-state index contributed by atoms with van der Waals surface area (Å²) in [5.74, 6) is 0.681. The maximum atomic E-state index is 12.7. The molecular weight excluding hydrogens is 252 g/mol. The van der Waals surface area contributed by atoms with E-state index in [1.54, 1.807) is 13.8 Å². The van der Waals surface area contributed by atoms with Gasteiger partial charge in [-0.2, -0.15) is 0 Å². The summed E-state index contributed by atoms with van der Waals surface area (Å²) in [5, 5.41) is 2.86. The zero-order valence-corrected chi connectivity index (χ0v) is 14.0. The van der Waals surface area contributed by atoms with Crippen LogP contribution in [0.1, 0.15) is 61.3 Å². The van der Waals surface area contributed by atoms with Crippen molar-refractivity contribution in [2.45, 2.75) is 78.9 Å². The number of hydrogen-bond acceptors (Lipinski definition) is 2. The minimum Gasteiger partial charge on any atom is -0.340 e. The lowest BCUT2D eigenvalue weighted by molar-refractivity contribution is -0.158. The number of rotatable bonds is 5. The van der Waals surface area contributed by atoms with Crippen molar-refractivity contribution in [1.82, 2.24) is 10.2 Å². The first-order chi connectivity index (χ1) is 9.11. The van der Waals surface area contributed by atoms with E-state index in [0.717, 1.165) is 12.8 Å². The van der Waals surface area contributed by atoms with Crippen molar-refractivity contribution in [3.8, 4) is 0 Å². The van der Waals surface area contributed by atoms with E-state index in [1.165, 1.54) is 0 Å². The molecule has 1 aliphatic heterocycles. The second kappa shape index (κ2) is 6.15. The lowest BCUT2D eigenvalue weighted by atomic mass is 9.88. The second-order valence-electron chi connectivity index (χ2n) is 7.11. The minimum absolute atomic E-state index is 0.0272. The van der Waals surface area contributed by atoms with Gasteiger partial charge in [-0.05, 0) is 39.0 Å². The highest BCUT2D eigenvalue weighted by atomic mass is 16.2. The fourth-order valence-electron chi connectivity index (χ4n) is 2.97. The van der Waals surface area contributed by atoms with Crippen LogP contribution in [-0.4, -0.2) is 34.3 Å². The highest BCUT2D eigenvalue weighted by Crippen LogP contribution is 2.27. The molecule has 4 heteroatoms. The molecule has 0 radical (unpaired) electrons. The van der Waals surface area contributed by atoms with Crippen LogP contribution in [0.25, 0.3) is 0 Å². The Balaban J connectivity index is 3.06. The van der Waals surface area contributed by atoms with Gasteiger partial charge < -0.3 is 10.2 Å². The Morgan fingerprint density at radius 1 is 1.20 bits per heavy atom. The molecule has 0 aliphatic carbocycles. The van der Waals surface area contributed by atoms with Crippen molar-refractivity contribution >= 4 is 11.8 Å². The molecule has 0 aromatic rings. The molecule has 0 aromatic carbocycles. The topological polar surface area (TPSA) is 49.4 Å². The zero-order chi connectivity index (χ0) is 15.7. The normalized spacial score (nSPS) is 25.6. The molecule has 0 aromatic heterocycles. The maximum Gasteiger partial charge on any atom is 0.248 e. The molecule has 1 rings (SSSR count). The molecule has 1 N–H and O–H groups in total. The minimum atomic E-state index is -0.799. The number of piperazine rings is 1. The highest BCUT2D eigenvalue weighted by molar-refractivity contribution is 5.99. The van der Waals surface area contributed by atoms with Gasteiger partial charge in [-0.15, -0.1) is 0 Å². The van der Waals surface area contributed by atoms with Crippen molar-refractivity contribution in [2.75, 3.05) is 0 Å². The van der Waals surface area contributed by atoms with Crippen molar-refractivity contribution in [1.29, 1.82) is 0 Å². The first-order valence-electron chi connectivity index (χ1n) is 7.76. The smallest absolute Gasteiger partial charge is 0.248 e. The molecule has 0 spiro atoms. The lowest BCUT2D eigenvalue weighted by Crippen LogP contribution is -2.70. The van der Waals surface area contributed by atoms with Gasteiger partial charge in [-0.1, -0.05) is 34.1 Å². The van der Waals surface area contributed by atoms with Gasteiger partial charge in [0.25, 0.3) is 0 Å². The Bertz CT molecular complexity index is 377. The SMILES string of the molecule is CCC(C)CC(C)N1C(=O)C(C)(C)NC(=O)C1C(C)C. The summed E-state index contributed by atoms with van der Waals surface area (Å²) >= 11 is 0. The number of hydrogen-bond donors (Lipinski definition) is 1. The Morgan fingerprint density at radius 3 is 2.20 bits per heavy atom. The number of nitrogens with one attached hydrogen (secondary N) is 1. The molecule has 0 saturated carbocycles. The predicted octanol–water partition coefficient (Wildman–Crippen LogP) is 2.57. The summed E-state index contributed by atoms with van der Waals surface area (Å²) in [7, 11) is 0. The van der Waals surface area contributed by atoms with Crippen LogP contribution >= 0.6 is 0 Å². The Morgan fingerprint density at radius 2 is 1.75 bits per heavy atom. The molecule has 4 nitrogen and oxygen atoms in total. The first-order valence-corrected chi connectivity index (χ1v) is 7.76. The average molecular weight is 282 g/mol. The van der Waals surface area contributed by atoms with Gasteiger partial charge in [-0.25, -0.2) is 0 Å². The van der Waals surface area contributed by atoms with Crippen LogP contribution in [0.15, 0.2) is 0 Å². The summed E-state index contributed by atoms with van der Waals surface area (Å²) < 4.78 is 0. The first kappa shape index (κ1) is 17.0. The van der Waals surface area contributed by atoms with E-state index in [9.17, 15) is 9.59 Å². The van der Waals surface area contributed by atoms with Gasteiger partial charge >= 0.3 is 0 Å². The van der Waals surface area contributed by atoms with E-state index >= 15 is 0 Å². The van der Waals surface area contributed by atoms with Gasteiger partial charge in [0.15, 0.2) is 0 Å². The average Bonchev–Trinajstić information content (AvgIpc) is 2.31. The van der Waals surface area contributed by atoms with E-state index in [4.69, 9.17) is 0 Å². The van der Waals surface area contributed by atoms with Crippen molar-refractivity contribution in [3.63, 3.8) is 0 Å². The fraction of sp³-hybridized carbons (Fsp3) is 0.875. The molecule has 20 heavy (non-hydrogen) atoms. The molecular formula is C16H30N2O2. The molecule has 3 unspecified atom stereocenters. The van der Waals surface area contributed by atoms with Crippen LogP contribution in [0.5, 0.6) is 0 Å². The number of carbonyl (C=O) groups excluding carboxylic acids is 2. The molecule has 2 amide bonds. The monoisotopic (exact) mass is 282 g/mol. The molecule has 1 aliphatic rings. The Labute approximate surface area is 123 Å². The molecule has 3 atom stereocenters. The van der Waals surface area contributed by atoms with Gasteiger partial charge in [0.05, 0.1) is 0 Å². The third kappa shape index (κ3) is 3.33. The number of nitrogens with zero attached hydrogens (tertiary/aromatic N) is 1. The number of amides is 2. The van der Waals surface area contributed by atoms with E-state index in [-0.39, 0.29) is 29.8 Å². The van der Waals surface area contributed by atoms with Gasteiger partial charge in [0.1, 0.15) is 11.6 Å². The molecule has 116 valence electrons. The van der Waals surface area contributed by atoms with Crippen LogP contribution in [-0.2, 0) is 9.59 Å². The van der Waals surface area contributed by atoms with E-state index in [0.29, 0.717) is 5.92 Å². The Hall–Kier alpha value is -1.06. The quantitative estimate of drug-likeness (QED) is 0.842. The van der Waals surface area contributed by atoms with Crippen LogP contribution in [0.2, 0.25) is 0 Å². The van der Waals surface area contributed by atoms with Crippen LogP contribution in [0.3, 0.4) is 0 Å². The van der Waals surface area contributed by atoms with Crippen LogP contribution in [0.4, 0.5) is 0 Å². The third-order valence-corrected chi connectivity index (χ3v) is 4.32. The summed E-state index contributed by atoms with van der Waals surface area (Å²) in [6.45, 7) is 14.0. The van der Waals surface area contributed by atoms with Crippen LogP contribution < -0.4 is 5.32 Å². The molecule has 1 fully saturated rings. The highest BCUT2D eigenvalue weighted by Gasteiger charge is 2.47. The zero-order valence-electron chi connectivity index (χ0n) is 14.0. The van der Waals surface area contributed by atoms with Crippen molar-refractivity contribution in [2.24, 2.45) is 11.8 Å². The fourth-order valence-corrected chi connectivity index (χ4v) is 2.97. The van der Waals surface area contributed by atoms with Gasteiger partial charge in [0.2, 0.25) is 11.8 Å². The van der Waals surface area contributed by atoms with Crippen LogP contribution in [0, 0.1) is 11.8 Å². The third-order valence-electron chi connectivity index (χ3n) is 4.32. The van der Waals surface area contributed by atoms with Gasteiger partial charge in [0, 0.05) is 6.04 Å². The number of carbonyl (C=O) groups is 2. The van der Waals surface area contributed by atoms with E-state index in [1.807, 2.05) is 18.7 Å². The molecule has 1 saturated heterocycles. The second-order valence-corrected chi connectivity index (χ2v) is 7.11. The summed E-state index contributed by atoms with van der Waals surface area (Å²) in [4.78, 5) is 26.9. The lowest BCUT2D eigenvalue weighted by Gasteiger charge is -2.47. The summed E-state index contributed by atoms with van der Waals surface area (Å²) in [6.07, 6.45) is 2.03. The predicted molar refractivity (Wildman–Crippen MR) is 81.2 cm³/mol. The Kier molecular flexibility index (Phi) is 5.22. The van der Waals surface area contributed by atoms with E-state index < -0.39 is 5.54 Å². The maximum absolute atomic E-state index is 12.7. The standard InChI is InChI=1S/C16H30N2O2/c1-8-11(4)9-12(5)18-13(10(2)3)14(19)17-16(6,7)15(18)20/h10-13H,8-9H2,1-7H3,(H,17,19). The largest absolute Gasteiger partial charge is 0.340 e.